The number of carbonyl (C=O) groups excluding carboxylic acids is 1. The van der Waals surface area contributed by atoms with Crippen LogP contribution in [-0.4, -0.2) is 25.8 Å². The van der Waals surface area contributed by atoms with Gasteiger partial charge in [0.1, 0.15) is 6.61 Å². The van der Waals surface area contributed by atoms with Gasteiger partial charge in [-0.15, -0.1) is 4.91 Å². The van der Waals surface area contributed by atoms with Crippen LogP contribution in [-0.2, 0) is 19.1 Å². The number of nitriles is 1. The third-order valence-electron chi connectivity index (χ3n) is 0.745. The van der Waals surface area contributed by atoms with Crippen LogP contribution in [0.25, 0.3) is 0 Å². The topological polar surface area (TPSA) is 98.0 Å². The predicted octanol–water partition coefficient (Wildman–Crippen LogP) is -0.275. The number of hydrogen-bond donors (Lipinski definition) is 0. The molecular formula is C5H6N2O5. The molecule has 0 aliphatic carbocycles. The van der Waals surface area contributed by atoms with Gasteiger partial charge in [0.25, 0.3) is 6.26 Å². The summed E-state index contributed by atoms with van der Waals surface area (Å²) in [6.07, 6.45) is 1.30. The Labute approximate surface area is 67.7 Å². The summed E-state index contributed by atoms with van der Waals surface area (Å²) in [4.78, 5) is 23.8. The van der Waals surface area contributed by atoms with Crippen LogP contribution in [0.15, 0.2) is 5.34 Å². The first-order valence-electron chi connectivity index (χ1n) is 2.92. The van der Waals surface area contributed by atoms with Crippen LogP contribution in [0.5, 0.6) is 0 Å². The van der Waals surface area contributed by atoms with Crippen molar-refractivity contribution < 1.29 is 19.1 Å². The molecular weight excluding hydrogens is 168 g/mol. The van der Waals surface area contributed by atoms with Gasteiger partial charge in [0.05, 0.1) is 0 Å². The maximum absolute atomic E-state index is 10.5. The predicted molar refractivity (Wildman–Crippen MR) is 34.3 cm³/mol. The molecule has 0 amide bonds. The molecule has 66 valence electrons. The Morgan fingerprint density at radius 3 is 2.83 bits per heavy atom. The van der Waals surface area contributed by atoms with Gasteiger partial charge in [-0.3, -0.25) is 0 Å². The molecule has 0 radical (unpaired) electrons. The molecule has 7 heteroatoms. The molecule has 0 fully saturated rings. The highest BCUT2D eigenvalue weighted by molar-refractivity contribution is 5.70. The van der Waals surface area contributed by atoms with E-state index in [1.165, 1.54) is 6.26 Å². The normalized spacial score (nSPS) is 7.92. The fraction of sp³-hybridized carbons (Fsp3) is 0.600. The molecule has 0 aromatic heterocycles. The first-order valence-corrected chi connectivity index (χ1v) is 2.92. The minimum atomic E-state index is -0.703. The van der Waals surface area contributed by atoms with Gasteiger partial charge in [-0.1, -0.05) is 0 Å². The highest BCUT2D eigenvalue weighted by Gasteiger charge is 2.01. The molecule has 0 aliphatic heterocycles. The number of ether oxygens (including phenoxy) is 2. The molecule has 0 bridgehead atoms. The second-order valence-corrected chi connectivity index (χ2v) is 1.51. The van der Waals surface area contributed by atoms with E-state index in [4.69, 9.17) is 5.26 Å². The largest absolute Gasteiger partial charge is 0.459 e. The van der Waals surface area contributed by atoms with Crippen molar-refractivity contribution in [3.05, 3.63) is 4.91 Å². The fourth-order valence-corrected chi connectivity index (χ4v) is 0.363. The van der Waals surface area contributed by atoms with E-state index in [0.717, 1.165) is 0 Å². The lowest BCUT2D eigenvalue weighted by molar-refractivity contribution is -0.148. The van der Waals surface area contributed by atoms with Gasteiger partial charge in [0.2, 0.25) is 0 Å². The molecule has 0 saturated heterocycles. The Bertz CT molecular complexity index is 187. The SMILES string of the molecule is N#COCC(=O)OCCON=O. The lowest BCUT2D eigenvalue weighted by Crippen LogP contribution is -2.13. The summed E-state index contributed by atoms with van der Waals surface area (Å²) in [5.74, 6) is -0.703. The van der Waals surface area contributed by atoms with Gasteiger partial charge < -0.3 is 14.3 Å². The first kappa shape index (κ1) is 10.2. The van der Waals surface area contributed by atoms with Crippen molar-refractivity contribution in [3.8, 4) is 6.26 Å². The van der Waals surface area contributed by atoms with Crippen molar-refractivity contribution in [1.29, 1.82) is 5.26 Å². The average molecular weight is 174 g/mol. The Balaban J connectivity index is 3.20. The minimum Gasteiger partial charge on any atom is -0.459 e. The molecule has 0 aromatic rings. The van der Waals surface area contributed by atoms with E-state index in [0.29, 0.717) is 0 Å². The van der Waals surface area contributed by atoms with Crippen LogP contribution >= 0.6 is 0 Å². The number of hydrogen-bond acceptors (Lipinski definition) is 7. The summed E-state index contributed by atoms with van der Waals surface area (Å²) in [7, 11) is 0. The van der Waals surface area contributed by atoms with Gasteiger partial charge >= 0.3 is 5.97 Å². The Kier molecular flexibility index (Phi) is 6.15. The summed E-state index contributed by atoms with van der Waals surface area (Å²) in [6, 6.07) is 0. The fourth-order valence-electron chi connectivity index (χ4n) is 0.363. The Hall–Kier alpha value is -1.84. The quantitative estimate of drug-likeness (QED) is 0.180. The molecule has 7 nitrogen and oxygen atoms in total. The Morgan fingerprint density at radius 1 is 1.50 bits per heavy atom. The van der Waals surface area contributed by atoms with E-state index in [2.05, 4.69) is 19.7 Å². The van der Waals surface area contributed by atoms with Gasteiger partial charge in [0, 0.05) is 0 Å². The van der Waals surface area contributed by atoms with Crippen molar-refractivity contribution in [3.63, 3.8) is 0 Å². The zero-order valence-electron chi connectivity index (χ0n) is 6.06. The third-order valence-corrected chi connectivity index (χ3v) is 0.745. The Morgan fingerprint density at radius 2 is 2.25 bits per heavy atom. The van der Waals surface area contributed by atoms with Crippen molar-refractivity contribution in [2.24, 2.45) is 5.34 Å². The van der Waals surface area contributed by atoms with Gasteiger partial charge in [-0.25, -0.2) is 4.79 Å². The summed E-state index contributed by atoms with van der Waals surface area (Å²) in [5, 5.41) is 9.93. The van der Waals surface area contributed by atoms with E-state index in [9.17, 15) is 9.70 Å². The molecule has 0 rings (SSSR count). The van der Waals surface area contributed by atoms with E-state index in [1.54, 1.807) is 0 Å². The maximum Gasteiger partial charge on any atom is 0.345 e. The zero-order valence-corrected chi connectivity index (χ0v) is 6.06. The number of esters is 1. The maximum atomic E-state index is 10.5. The van der Waals surface area contributed by atoms with Crippen LogP contribution in [0, 0.1) is 16.4 Å². The summed E-state index contributed by atoms with van der Waals surface area (Å²) >= 11 is 0. The number of rotatable bonds is 6. The standard InChI is InChI=1S/C5H6N2O5/c6-4-10-3-5(8)11-1-2-12-7-9/h1-3H2. The molecule has 0 aliphatic rings. The van der Waals surface area contributed by atoms with E-state index < -0.39 is 12.6 Å². The monoisotopic (exact) mass is 174 g/mol. The van der Waals surface area contributed by atoms with Crippen LogP contribution in [0.1, 0.15) is 0 Å². The van der Waals surface area contributed by atoms with E-state index >= 15 is 0 Å². The molecule has 0 spiro atoms. The average Bonchev–Trinajstić information content (AvgIpc) is 2.09. The van der Waals surface area contributed by atoms with Crippen molar-refractivity contribution in [2.45, 2.75) is 0 Å². The molecule has 0 saturated carbocycles. The smallest absolute Gasteiger partial charge is 0.345 e. The lowest BCUT2D eigenvalue weighted by atomic mass is 10.7. The van der Waals surface area contributed by atoms with E-state index in [1.807, 2.05) is 0 Å². The van der Waals surface area contributed by atoms with Crippen molar-refractivity contribution in [1.82, 2.24) is 0 Å². The highest BCUT2D eigenvalue weighted by Crippen LogP contribution is 1.82. The van der Waals surface area contributed by atoms with Crippen molar-refractivity contribution in [2.75, 3.05) is 19.8 Å². The number of nitrogens with zero attached hydrogens (tertiary/aromatic N) is 2. The summed E-state index contributed by atoms with van der Waals surface area (Å²) < 4.78 is 8.46. The second-order valence-electron chi connectivity index (χ2n) is 1.51. The summed E-state index contributed by atoms with van der Waals surface area (Å²) in [5.41, 5.74) is 0. The molecule has 0 N–H and O–H groups in total. The molecule has 0 heterocycles. The van der Waals surface area contributed by atoms with Gasteiger partial charge in [-0.2, -0.15) is 5.26 Å². The van der Waals surface area contributed by atoms with Crippen LogP contribution < -0.4 is 0 Å². The van der Waals surface area contributed by atoms with Crippen LogP contribution in [0.2, 0.25) is 0 Å². The minimum absolute atomic E-state index is 0.0979. The van der Waals surface area contributed by atoms with Gasteiger partial charge in [-0.05, 0) is 0 Å². The first-order chi connectivity index (χ1) is 5.81. The summed E-state index contributed by atoms with van der Waals surface area (Å²) in [6.45, 7) is -0.647. The van der Waals surface area contributed by atoms with Crippen molar-refractivity contribution >= 4 is 5.97 Å². The lowest BCUT2D eigenvalue weighted by Gasteiger charge is -2.00. The molecule has 0 unspecified atom stereocenters. The third kappa shape index (κ3) is 6.28. The number of carbonyl (C=O) groups is 1. The zero-order chi connectivity index (χ0) is 9.23. The molecule has 12 heavy (non-hydrogen) atoms. The second kappa shape index (κ2) is 7.27. The molecule has 0 aromatic carbocycles. The molecule has 0 atom stereocenters. The highest BCUT2D eigenvalue weighted by atomic mass is 16.7. The van der Waals surface area contributed by atoms with Crippen LogP contribution in [0.3, 0.4) is 0 Å². The van der Waals surface area contributed by atoms with E-state index in [-0.39, 0.29) is 13.2 Å². The van der Waals surface area contributed by atoms with Gasteiger partial charge in [0.15, 0.2) is 18.6 Å². The van der Waals surface area contributed by atoms with Crippen LogP contribution in [0.4, 0.5) is 0 Å².